The molecule has 0 saturated carbocycles. The zero-order chi connectivity index (χ0) is 19.2. The second-order valence-corrected chi connectivity index (χ2v) is 6.88. The van der Waals surface area contributed by atoms with E-state index in [1.54, 1.807) is 43.3 Å². The van der Waals surface area contributed by atoms with Crippen molar-refractivity contribution in [2.45, 2.75) is 19.1 Å². The molecule has 1 amide bonds. The maximum Gasteiger partial charge on any atom is 0.261 e. The van der Waals surface area contributed by atoms with Gasteiger partial charge in [-0.15, -0.1) is 11.3 Å². The number of halogens is 1. The van der Waals surface area contributed by atoms with Gasteiger partial charge < -0.3 is 10.1 Å². The molecule has 1 aromatic heterocycles. The minimum atomic E-state index is -0.735. The van der Waals surface area contributed by atoms with Crippen LogP contribution in [0.25, 0.3) is 0 Å². The molecule has 0 aliphatic rings. The first-order valence-electron chi connectivity index (χ1n) is 8.33. The molecule has 2 aromatic carbocycles. The smallest absolute Gasteiger partial charge is 0.261 e. The average molecular weight is 380 g/mol. The number of benzene rings is 2. The van der Waals surface area contributed by atoms with Crippen molar-refractivity contribution in [1.29, 1.82) is 5.26 Å². The van der Waals surface area contributed by atoms with Crippen molar-refractivity contribution in [3.05, 3.63) is 87.9 Å². The average Bonchev–Trinajstić information content (AvgIpc) is 3.22. The summed E-state index contributed by atoms with van der Waals surface area (Å²) in [6, 6.07) is 18.1. The third kappa shape index (κ3) is 4.72. The predicted octanol–water partition coefficient (Wildman–Crippen LogP) is 4.43. The van der Waals surface area contributed by atoms with E-state index in [0.717, 1.165) is 10.4 Å². The van der Waals surface area contributed by atoms with Crippen molar-refractivity contribution in [2.75, 3.05) is 0 Å². The number of hydrogen-bond acceptors (Lipinski definition) is 4. The van der Waals surface area contributed by atoms with Gasteiger partial charge in [0.25, 0.3) is 5.91 Å². The first kappa shape index (κ1) is 18.6. The highest BCUT2D eigenvalue weighted by Gasteiger charge is 2.22. The molecule has 0 aliphatic carbocycles. The summed E-state index contributed by atoms with van der Waals surface area (Å²) in [6.07, 6.45) is -0.735. The second-order valence-electron chi connectivity index (χ2n) is 5.90. The maximum absolute atomic E-state index is 13.3. The van der Waals surface area contributed by atoms with Crippen molar-refractivity contribution in [1.82, 2.24) is 5.32 Å². The van der Waals surface area contributed by atoms with E-state index >= 15 is 0 Å². The summed E-state index contributed by atoms with van der Waals surface area (Å²) in [7, 11) is 0. The molecular formula is C21H17FN2O2S. The van der Waals surface area contributed by atoms with Gasteiger partial charge in [-0.3, -0.25) is 4.79 Å². The zero-order valence-electron chi connectivity index (χ0n) is 14.6. The third-order valence-electron chi connectivity index (χ3n) is 3.98. The summed E-state index contributed by atoms with van der Waals surface area (Å²) in [5.74, 6) is -0.110. The largest absolute Gasteiger partial charge is 0.481 e. The summed E-state index contributed by atoms with van der Waals surface area (Å²) < 4.78 is 18.9. The van der Waals surface area contributed by atoms with Gasteiger partial charge in [-0.05, 0) is 60.3 Å². The van der Waals surface area contributed by atoms with E-state index in [9.17, 15) is 9.18 Å². The van der Waals surface area contributed by atoms with Crippen molar-refractivity contribution in [3.8, 4) is 11.8 Å². The lowest BCUT2D eigenvalue weighted by atomic mass is 10.0. The van der Waals surface area contributed by atoms with E-state index in [1.807, 2.05) is 23.6 Å². The van der Waals surface area contributed by atoms with Crippen molar-refractivity contribution >= 4 is 17.2 Å². The Morgan fingerprint density at radius 1 is 1.15 bits per heavy atom. The number of rotatable bonds is 6. The van der Waals surface area contributed by atoms with Crippen LogP contribution in [0.5, 0.6) is 5.75 Å². The number of nitrogens with zero attached hydrogens (tertiary/aromatic N) is 1. The van der Waals surface area contributed by atoms with Gasteiger partial charge in [0.15, 0.2) is 6.10 Å². The third-order valence-corrected chi connectivity index (χ3v) is 4.92. The number of thiophene rings is 1. The Labute approximate surface area is 160 Å². The topological polar surface area (TPSA) is 62.1 Å². The maximum atomic E-state index is 13.3. The fourth-order valence-electron chi connectivity index (χ4n) is 2.55. The Morgan fingerprint density at radius 2 is 1.85 bits per heavy atom. The molecule has 0 bridgehead atoms. The normalized spacial score (nSPS) is 12.6. The Balaban J connectivity index is 1.73. The molecule has 3 rings (SSSR count). The monoisotopic (exact) mass is 380 g/mol. The van der Waals surface area contributed by atoms with Crippen molar-refractivity contribution in [3.63, 3.8) is 0 Å². The van der Waals surface area contributed by atoms with Crippen LogP contribution >= 0.6 is 11.3 Å². The van der Waals surface area contributed by atoms with E-state index in [0.29, 0.717) is 11.3 Å². The van der Waals surface area contributed by atoms with Crippen LogP contribution in [0.4, 0.5) is 4.39 Å². The lowest BCUT2D eigenvalue weighted by Gasteiger charge is -2.21. The first-order valence-corrected chi connectivity index (χ1v) is 9.21. The highest BCUT2D eigenvalue weighted by molar-refractivity contribution is 7.10. The van der Waals surface area contributed by atoms with Crippen LogP contribution in [0, 0.1) is 17.1 Å². The molecule has 136 valence electrons. The van der Waals surface area contributed by atoms with Gasteiger partial charge in [0, 0.05) is 4.88 Å². The summed E-state index contributed by atoms with van der Waals surface area (Å²) >= 11 is 1.51. The fourth-order valence-corrected chi connectivity index (χ4v) is 3.36. The van der Waals surface area contributed by atoms with Gasteiger partial charge in [-0.2, -0.15) is 5.26 Å². The van der Waals surface area contributed by atoms with Crippen molar-refractivity contribution < 1.29 is 13.9 Å². The van der Waals surface area contributed by atoms with E-state index in [1.165, 1.54) is 23.5 Å². The standard InChI is InChI=1S/C21H17FN2O2S/c1-14(26-18-10-4-15(13-23)5-11-18)21(25)24-20(19-3-2-12-27-19)16-6-8-17(22)9-7-16/h2-12,14,20H,1H3,(H,24,25)/t14-,20-/m1/s1. The highest BCUT2D eigenvalue weighted by atomic mass is 32.1. The quantitative estimate of drug-likeness (QED) is 0.688. The highest BCUT2D eigenvalue weighted by Crippen LogP contribution is 2.26. The number of carbonyl (C=O) groups excluding carboxylic acids is 1. The predicted molar refractivity (Wildman–Crippen MR) is 102 cm³/mol. The van der Waals surface area contributed by atoms with Crippen LogP contribution in [0.15, 0.2) is 66.0 Å². The second kappa shape index (κ2) is 8.47. The Hall–Kier alpha value is -3.17. The molecule has 4 nitrogen and oxygen atoms in total. The van der Waals surface area contributed by atoms with Crippen LogP contribution in [0.1, 0.15) is 29.0 Å². The lowest BCUT2D eigenvalue weighted by molar-refractivity contribution is -0.127. The van der Waals surface area contributed by atoms with Gasteiger partial charge in [0.2, 0.25) is 0 Å². The summed E-state index contributed by atoms with van der Waals surface area (Å²) in [5, 5.41) is 13.7. The number of ether oxygens (including phenoxy) is 1. The van der Waals surface area contributed by atoms with E-state index < -0.39 is 6.10 Å². The van der Waals surface area contributed by atoms with Gasteiger partial charge in [-0.25, -0.2) is 4.39 Å². The first-order chi connectivity index (χ1) is 13.1. The van der Waals surface area contributed by atoms with E-state index in [-0.39, 0.29) is 17.8 Å². The van der Waals surface area contributed by atoms with Gasteiger partial charge in [-0.1, -0.05) is 18.2 Å². The van der Waals surface area contributed by atoms with Crippen LogP contribution in [0.2, 0.25) is 0 Å². The van der Waals surface area contributed by atoms with Crippen LogP contribution < -0.4 is 10.1 Å². The minimum Gasteiger partial charge on any atom is -0.481 e. The molecule has 0 fully saturated rings. The minimum absolute atomic E-state index is 0.290. The molecule has 0 spiro atoms. The Kier molecular flexibility index (Phi) is 5.84. The number of nitrogens with one attached hydrogen (secondary N) is 1. The summed E-state index contributed by atoms with van der Waals surface area (Å²) in [4.78, 5) is 13.6. The van der Waals surface area contributed by atoms with Crippen LogP contribution in [-0.4, -0.2) is 12.0 Å². The Morgan fingerprint density at radius 3 is 2.44 bits per heavy atom. The molecule has 27 heavy (non-hydrogen) atoms. The molecule has 6 heteroatoms. The van der Waals surface area contributed by atoms with Crippen LogP contribution in [-0.2, 0) is 4.79 Å². The number of amides is 1. The lowest BCUT2D eigenvalue weighted by Crippen LogP contribution is -2.38. The van der Waals surface area contributed by atoms with E-state index in [2.05, 4.69) is 5.32 Å². The van der Waals surface area contributed by atoms with Crippen LogP contribution in [0.3, 0.4) is 0 Å². The molecule has 0 saturated heterocycles. The molecule has 0 unspecified atom stereocenters. The molecule has 1 heterocycles. The summed E-state index contributed by atoms with van der Waals surface area (Å²) in [6.45, 7) is 1.66. The zero-order valence-corrected chi connectivity index (χ0v) is 15.4. The molecule has 0 radical (unpaired) electrons. The molecule has 0 aliphatic heterocycles. The molecular weight excluding hydrogens is 363 g/mol. The SMILES string of the molecule is C[C@@H](Oc1ccc(C#N)cc1)C(=O)N[C@H](c1ccc(F)cc1)c1cccs1. The van der Waals surface area contributed by atoms with Gasteiger partial charge >= 0.3 is 0 Å². The Bertz CT molecular complexity index is 932. The van der Waals surface area contributed by atoms with E-state index in [4.69, 9.17) is 10.00 Å². The molecule has 2 atom stereocenters. The molecule has 1 N–H and O–H groups in total. The van der Waals surface area contributed by atoms with Gasteiger partial charge in [0.1, 0.15) is 11.6 Å². The number of carbonyl (C=O) groups is 1. The number of hydrogen-bond donors (Lipinski definition) is 1. The fraction of sp³-hybridized carbons (Fsp3) is 0.143. The van der Waals surface area contributed by atoms with Gasteiger partial charge in [0.05, 0.1) is 17.7 Å². The summed E-state index contributed by atoms with van der Waals surface area (Å²) in [5.41, 5.74) is 1.31. The number of nitriles is 1. The molecule has 3 aromatic rings. The van der Waals surface area contributed by atoms with Crippen molar-refractivity contribution in [2.24, 2.45) is 0 Å².